The third-order valence-electron chi connectivity index (χ3n) is 0.285. The van der Waals surface area contributed by atoms with E-state index in [1.807, 2.05) is 0 Å². The summed E-state index contributed by atoms with van der Waals surface area (Å²) in [4.78, 5) is 0. The fourth-order valence-electron chi connectivity index (χ4n) is 0.110. The lowest BCUT2D eigenvalue weighted by molar-refractivity contribution is 0.598. The van der Waals surface area contributed by atoms with Crippen molar-refractivity contribution in [3.63, 3.8) is 0 Å². The van der Waals surface area contributed by atoms with Crippen LogP contribution in [0.4, 0.5) is 0 Å². The molecule has 0 heterocycles. The lowest BCUT2D eigenvalue weighted by Gasteiger charge is -1.75. The average Bonchev–Trinajstić information content (AvgIpc) is 1.35. The molecule has 1 nitrogen and oxygen atoms in total. The SMILES string of the molecule is C=CC[P](=O)S. The van der Waals surface area contributed by atoms with Gasteiger partial charge in [-0.2, -0.15) is 0 Å². The zero-order valence-corrected chi connectivity index (χ0v) is 5.08. The first-order valence-electron chi connectivity index (χ1n) is 1.52. The van der Waals surface area contributed by atoms with Gasteiger partial charge in [-0.1, -0.05) is 18.3 Å². The maximum absolute atomic E-state index is 9.98. The van der Waals surface area contributed by atoms with Gasteiger partial charge in [-0.15, -0.1) is 6.58 Å². The fourth-order valence-corrected chi connectivity index (χ4v) is 0.678. The number of rotatable bonds is 2. The molecule has 0 aromatic rings. The molecule has 3 heteroatoms. The molecule has 1 atom stereocenters. The van der Waals surface area contributed by atoms with Crippen LogP contribution in [-0.4, -0.2) is 6.16 Å². The van der Waals surface area contributed by atoms with Crippen molar-refractivity contribution in [2.24, 2.45) is 0 Å². The van der Waals surface area contributed by atoms with E-state index in [-0.39, 0.29) is 0 Å². The molecular formula is C3H6OPS. The van der Waals surface area contributed by atoms with Gasteiger partial charge in [0.2, 0.25) is 0 Å². The van der Waals surface area contributed by atoms with E-state index in [2.05, 4.69) is 18.8 Å². The van der Waals surface area contributed by atoms with Crippen LogP contribution in [0.25, 0.3) is 0 Å². The highest BCUT2D eigenvalue weighted by molar-refractivity contribution is 8.40. The number of thiol groups is 1. The summed E-state index contributed by atoms with van der Waals surface area (Å²) < 4.78 is 9.98. The van der Waals surface area contributed by atoms with Crippen molar-refractivity contribution < 1.29 is 4.57 Å². The molecule has 0 aliphatic rings. The minimum atomic E-state index is -1.27. The Bertz CT molecular complexity index is 71.2. The van der Waals surface area contributed by atoms with Gasteiger partial charge in [0.05, 0.1) is 0 Å². The lowest BCUT2D eigenvalue weighted by atomic mass is 10.8. The molecule has 0 aromatic carbocycles. The Morgan fingerprint density at radius 1 is 2.00 bits per heavy atom. The van der Waals surface area contributed by atoms with Crippen molar-refractivity contribution in [1.29, 1.82) is 0 Å². The van der Waals surface area contributed by atoms with Crippen molar-refractivity contribution in [2.45, 2.75) is 0 Å². The summed E-state index contributed by atoms with van der Waals surface area (Å²) in [5.74, 6) is 0. The zero-order chi connectivity index (χ0) is 4.99. The summed E-state index contributed by atoms with van der Waals surface area (Å²) in [6, 6.07) is 0. The molecule has 0 amide bonds. The Morgan fingerprint density at radius 2 is 2.50 bits per heavy atom. The molecule has 1 radical (unpaired) electrons. The minimum Gasteiger partial charge on any atom is -0.275 e. The van der Waals surface area contributed by atoms with E-state index in [1.54, 1.807) is 6.08 Å². The third-order valence-corrected chi connectivity index (χ3v) is 1.35. The molecule has 0 bridgehead atoms. The average molecular weight is 121 g/mol. The van der Waals surface area contributed by atoms with Crippen LogP contribution >= 0.6 is 19.3 Å². The van der Waals surface area contributed by atoms with E-state index in [4.69, 9.17) is 0 Å². The lowest BCUT2D eigenvalue weighted by Crippen LogP contribution is -1.54. The molecule has 0 aromatic heterocycles. The van der Waals surface area contributed by atoms with Crippen LogP contribution in [0.1, 0.15) is 0 Å². The van der Waals surface area contributed by atoms with Crippen molar-refractivity contribution >= 4 is 19.3 Å². The van der Waals surface area contributed by atoms with Gasteiger partial charge in [0.15, 0.2) is 0 Å². The molecule has 6 heavy (non-hydrogen) atoms. The van der Waals surface area contributed by atoms with E-state index in [0.29, 0.717) is 6.16 Å². The Kier molecular flexibility index (Phi) is 3.49. The molecule has 0 N–H and O–H groups in total. The second kappa shape index (κ2) is 3.38. The molecule has 0 saturated carbocycles. The fraction of sp³-hybridized carbons (Fsp3) is 0.333. The van der Waals surface area contributed by atoms with E-state index in [1.165, 1.54) is 0 Å². The summed E-state index contributed by atoms with van der Waals surface area (Å²) in [6.45, 7) is 3.37. The first kappa shape index (κ1) is 6.19. The highest BCUT2D eigenvalue weighted by Gasteiger charge is 1.80. The summed E-state index contributed by atoms with van der Waals surface area (Å²) in [6.07, 6.45) is 2.10. The van der Waals surface area contributed by atoms with Crippen LogP contribution in [0.3, 0.4) is 0 Å². The van der Waals surface area contributed by atoms with Gasteiger partial charge in [0.1, 0.15) is 7.00 Å². The number of hydrogen-bond acceptors (Lipinski definition) is 1. The van der Waals surface area contributed by atoms with Crippen LogP contribution in [-0.2, 0) is 4.57 Å². The number of hydrogen-bond donors (Lipinski definition) is 1. The van der Waals surface area contributed by atoms with Gasteiger partial charge in [0.25, 0.3) is 0 Å². The van der Waals surface area contributed by atoms with Crippen molar-refractivity contribution in [3.05, 3.63) is 12.7 Å². The van der Waals surface area contributed by atoms with Gasteiger partial charge >= 0.3 is 0 Å². The van der Waals surface area contributed by atoms with Gasteiger partial charge in [-0.3, -0.25) is 4.57 Å². The van der Waals surface area contributed by atoms with E-state index in [0.717, 1.165) is 0 Å². The normalized spacial score (nSPS) is 10.5. The monoisotopic (exact) mass is 121 g/mol. The standard InChI is InChI=1S/C3H6OPS/c1-2-3-5(4)6/h2H,1,3H2,(H,4,6). The number of allylic oxidation sites excluding steroid dienone is 1. The summed E-state index contributed by atoms with van der Waals surface area (Å²) in [5.41, 5.74) is 0. The maximum atomic E-state index is 9.98. The molecule has 1 unspecified atom stereocenters. The van der Waals surface area contributed by atoms with E-state index >= 15 is 0 Å². The molecule has 0 saturated heterocycles. The van der Waals surface area contributed by atoms with Gasteiger partial charge < -0.3 is 0 Å². The second-order valence-corrected chi connectivity index (χ2v) is 3.23. The largest absolute Gasteiger partial charge is 0.275 e. The third kappa shape index (κ3) is 4.19. The second-order valence-electron chi connectivity index (χ2n) is 0.823. The Balaban J connectivity index is 3.05. The smallest absolute Gasteiger partial charge is 0.133 e. The predicted octanol–water partition coefficient (Wildman–Crippen LogP) is 1.84. The van der Waals surface area contributed by atoms with Gasteiger partial charge in [-0.25, -0.2) is 0 Å². The first-order valence-corrected chi connectivity index (χ1v) is 4.11. The summed E-state index contributed by atoms with van der Waals surface area (Å²) in [7, 11) is -1.27. The van der Waals surface area contributed by atoms with E-state index < -0.39 is 7.00 Å². The predicted molar refractivity (Wildman–Crippen MR) is 31.7 cm³/mol. The van der Waals surface area contributed by atoms with Crippen molar-refractivity contribution in [3.8, 4) is 0 Å². The van der Waals surface area contributed by atoms with Crippen LogP contribution < -0.4 is 0 Å². The first-order chi connectivity index (χ1) is 2.77. The Morgan fingerprint density at radius 3 is 2.50 bits per heavy atom. The molecular weight excluding hydrogens is 115 g/mol. The van der Waals surface area contributed by atoms with Crippen molar-refractivity contribution in [2.75, 3.05) is 6.16 Å². The molecule has 0 fully saturated rings. The highest BCUT2D eigenvalue weighted by atomic mass is 32.7. The highest BCUT2D eigenvalue weighted by Crippen LogP contribution is 2.23. The van der Waals surface area contributed by atoms with Crippen LogP contribution in [0, 0.1) is 0 Å². The van der Waals surface area contributed by atoms with Gasteiger partial charge in [-0.05, 0) is 0 Å². The topological polar surface area (TPSA) is 17.1 Å². The molecule has 35 valence electrons. The van der Waals surface area contributed by atoms with E-state index in [9.17, 15) is 4.57 Å². The Hall–Kier alpha value is 0.190. The van der Waals surface area contributed by atoms with Crippen molar-refractivity contribution in [1.82, 2.24) is 0 Å². The van der Waals surface area contributed by atoms with Crippen LogP contribution in [0.15, 0.2) is 12.7 Å². The van der Waals surface area contributed by atoms with Gasteiger partial charge in [0, 0.05) is 6.16 Å². The molecule has 0 spiro atoms. The quantitative estimate of drug-likeness (QED) is 0.335. The summed E-state index contributed by atoms with van der Waals surface area (Å²) >= 11 is 3.62. The summed E-state index contributed by atoms with van der Waals surface area (Å²) in [5, 5.41) is 0. The Labute approximate surface area is 43.4 Å². The van der Waals surface area contributed by atoms with Crippen LogP contribution in [0.5, 0.6) is 0 Å². The minimum absolute atomic E-state index is 0.512. The molecule has 0 aliphatic carbocycles. The zero-order valence-electron chi connectivity index (χ0n) is 3.29. The maximum Gasteiger partial charge on any atom is 0.133 e. The van der Waals surface area contributed by atoms with Crippen LogP contribution in [0.2, 0.25) is 0 Å². The molecule has 0 aliphatic heterocycles. The molecule has 0 rings (SSSR count).